The van der Waals surface area contributed by atoms with Crippen LogP contribution in [0.3, 0.4) is 0 Å². The summed E-state index contributed by atoms with van der Waals surface area (Å²) >= 11 is 0. The van der Waals surface area contributed by atoms with Crippen molar-refractivity contribution >= 4 is 34.4 Å². The first-order valence-electron chi connectivity index (χ1n) is 7.37. The summed E-state index contributed by atoms with van der Waals surface area (Å²) < 4.78 is 36.3. The molecule has 10 heteroatoms. The van der Waals surface area contributed by atoms with Crippen molar-refractivity contribution in [2.24, 2.45) is 0 Å². The largest absolute Gasteiger partial charge is 0.465 e. The average Bonchev–Trinajstić information content (AvgIpc) is 2.59. The smallest absolute Gasteiger partial charge is 0.337 e. The molecule has 0 heterocycles. The Morgan fingerprint density at radius 1 is 0.960 bits per heavy atom. The molecule has 0 spiro atoms. The van der Waals surface area contributed by atoms with E-state index >= 15 is 0 Å². The highest BCUT2D eigenvalue weighted by atomic mass is 35.5. The van der Waals surface area contributed by atoms with Crippen LogP contribution in [0.1, 0.15) is 34.1 Å². The quantitative estimate of drug-likeness (QED) is 0.474. The van der Waals surface area contributed by atoms with Gasteiger partial charge < -0.3 is 14.8 Å². The van der Waals surface area contributed by atoms with Crippen molar-refractivity contribution in [3.8, 4) is 0 Å². The lowest BCUT2D eigenvalue weighted by Gasteiger charge is -2.10. The molecule has 25 heavy (non-hydrogen) atoms. The fourth-order valence-corrected chi connectivity index (χ4v) is 2.99. The first-order chi connectivity index (χ1) is 11.4. The normalized spacial score (nSPS) is 10.7. The van der Waals surface area contributed by atoms with Crippen LogP contribution in [0.25, 0.3) is 0 Å². The zero-order valence-corrected chi connectivity index (χ0v) is 16.0. The average molecular weight is 395 g/mol. The number of nitrogens with one attached hydrogen (secondary N) is 2. The van der Waals surface area contributed by atoms with E-state index in [1.165, 1.54) is 20.3 Å². The van der Waals surface area contributed by atoms with E-state index in [1.54, 1.807) is 0 Å². The van der Waals surface area contributed by atoms with Gasteiger partial charge in [-0.3, -0.25) is 0 Å². The maximum Gasteiger partial charge on any atom is 0.337 e. The van der Waals surface area contributed by atoms with Gasteiger partial charge in [0, 0.05) is 13.1 Å². The third-order valence-corrected chi connectivity index (χ3v) is 4.52. The van der Waals surface area contributed by atoms with Crippen LogP contribution in [-0.2, 0) is 19.5 Å². The molecule has 0 saturated carbocycles. The van der Waals surface area contributed by atoms with E-state index in [2.05, 4.69) is 19.5 Å². The molecule has 1 aromatic carbocycles. The van der Waals surface area contributed by atoms with Gasteiger partial charge in [0.25, 0.3) is 0 Å². The van der Waals surface area contributed by atoms with Gasteiger partial charge in [-0.15, -0.1) is 12.4 Å². The molecule has 2 N–H and O–H groups in total. The second-order valence-electron chi connectivity index (χ2n) is 4.88. The molecule has 0 radical (unpaired) electrons. The van der Waals surface area contributed by atoms with E-state index in [1.807, 2.05) is 6.92 Å². The minimum absolute atomic E-state index is 0. The van der Waals surface area contributed by atoms with Gasteiger partial charge in [0.05, 0.1) is 30.2 Å². The molecule has 0 saturated heterocycles. The first-order valence-corrected chi connectivity index (χ1v) is 8.86. The van der Waals surface area contributed by atoms with Crippen LogP contribution in [0.15, 0.2) is 23.1 Å². The lowest BCUT2D eigenvalue weighted by atomic mass is 10.1. The lowest BCUT2D eigenvalue weighted by molar-refractivity contribution is 0.0598. The van der Waals surface area contributed by atoms with Crippen molar-refractivity contribution in [3.63, 3.8) is 0 Å². The van der Waals surface area contributed by atoms with Crippen LogP contribution in [0, 0.1) is 0 Å². The molecule has 0 amide bonds. The molecule has 1 rings (SSSR count). The highest BCUT2D eigenvalue weighted by Gasteiger charge is 2.20. The molecule has 0 atom stereocenters. The van der Waals surface area contributed by atoms with E-state index in [0.717, 1.165) is 25.1 Å². The Bertz CT molecular complexity index is 659. The Morgan fingerprint density at radius 3 is 1.92 bits per heavy atom. The Hall–Kier alpha value is -1.68. The Balaban J connectivity index is 0.00000576. The minimum atomic E-state index is -3.88. The number of rotatable bonds is 9. The third-order valence-electron chi connectivity index (χ3n) is 3.08. The number of esters is 2. The van der Waals surface area contributed by atoms with Crippen LogP contribution in [0.4, 0.5) is 0 Å². The maximum absolute atomic E-state index is 12.3. The molecule has 142 valence electrons. The highest BCUT2D eigenvalue weighted by molar-refractivity contribution is 7.89. The molecule has 0 aliphatic rings. The first kappa shape index (κ1) is 23.3. The Kier molecular flexibility index (Phi) is 10.3. The summed E-state index contributed by atoms with van der Waals surface area (Å²) in [5, 5.41) is 3.06. The van der Waals surface area contributed by atoms with E-state index in [9.17, 15) is 18.0 Å². The number of ether oxygens (including phenoxy) is 2. The summed E-state index contributed by atoms with van der Waals surface area (Å²) in [7, 11) is -1.55. The maximum atomic E-state index is 12.3. The van der Waals surface area contributed by atoms with Crippen LogP contribution < -0.4 is 10.0 Å². The second-order valence-corrected chi connectivity index (χ2v) is 6.64. The molecule has 0 aliphatic heterocycles. The summed E-state index contributed by atoms with van der Waals surface area (Å²) in [5.74, 6) is -1.50. The van der Waals surface area contributed by atoms with Gasteiger partial charge in [-0.1, -0.05) is 6.92 Å². The van der Waals surface area contributed by atoms with Gasteiger partial charge in [-0.05, 0) is 31.2 Å². The molecule has 0 unspecified atom stereocenters. The number of benzene rings is 1. The Morgan fingerprint density at radius 2 is 1.48 bits per heavy atom. The molecule has 0 fully saturated rings. The molecular weight excluding hydrogens is 372 g/mol. The standard InChI is InChI=1S/C15H22N2O6S.ClH/c1-4-5-16-6-7-17-24(20,21)13-9-11(14(18)22-2)8-12(10-13)15(19)23-3;/h8-10,16-17H,4-7H2,1-3H3;1H. The number of hydrogen-bond donors (Lipinski definition) is 2. The fraction of sp³-hybridized carbons (Fsp3) is 0.467. The molecular formula is C15H23ClN2O6S. The monoisotopic (exact) mass is 394 g/mol. The fourth-order valence-electron chi connectivity index (χ4n) is 1.88. The summed E-state index contributed by atoms with van der Waals surface area (Å²) in [6, 6.07) is 3.53. The van der Waals surface area contributed by atoms with Gasteiger partial charge >= 0.3 is 11.9 Å². The van der Waals surface area contributed by atoms with E-state index in [-0.39, 0.29) is 35.0 Å². The minimum Gasteiger partial charge on any atom is -0.465 e. The molecule has 0 bridgehead atoms. The van der Waals surface area contributed by atoms with Gasteiger partial charge in [-0.2, -0.15) is 0 Å². The number of carbonyl (C=O) groups is 2. The number of sulfonamides is 1. The van der Waals surface area contributed by atoms with Crippen molar-refractivity contribution < 1.29 is 27.5 Å². The summed E-state index contributed by atoms with van der Waals surface area (Å²) in [6.45, 7) is 3.43. The van der Waals surface area contributed by atoms with E-state index < -0.39 is 22.0 Å². The molecule has 1 aromatic rings. The number of carbonyl (C=O) groups excluding carboxylic acids is 2. The van der Waals surface area contributed by atoms with Crippen LogP contribution in [0.5, 0.6) is 0 Å². The van der Waals surface area contributed by atoms with Gasteiger partial charge in [0.2, 0.25) is 10.0 Å². The van der Waals surface area contributed by atoms with E-state index in [0.29, 0.717) is 6.54 Å². The van der Waals surface area contributed by atoms with Crippen molar-refractivity contribution in [2.45, 2.75) is 18.2 Å². The van der Waals surface area contributed by atoms with Crippen LogP contribution in [-0.4, -0.2) is 54.2 Å². The predicted octanol–water partition coefficient (Wildman–Crippen LogP) is 0.959. The second kappa shape index (κ2) is 11.0. The molecule has 0 aliphatic carbocycles. The van der Waals surface area contributed by atoms with Gasteiger partial charge in [-0.25, -0.2) is 22.7 Å². The van der Waals surface area contributed by atoms with Crippen molar-refractivity contribution in [3.05, 3.63) is 29.3 Å². The van der Waals surface area contributed by atoms with Crippen molar-refractivity contribution in [1.82, 2.24) is 10.0 Å². The van der Waals surface area contributed by atoms with E-state index in [4.69, 9.17) is 0 Å². The highest BCUT2D eigenvalue weighted by Crippen LogP contribution is 2.17. The zero-order valence-electron chi connectivity index (χ0n) is 14.3. The lowest BCUT2D eigenvalue weighted by Crippen LogP contribution is -2.32. The summed E-state index contributed by atoms with van der Waals surface area (Å²) in [5.41, 5.74) is -0.102. The predicted molar refractivity (Wildman–Crippen MR) is 94.7 cm³/mol. The molecule has 0 aromatic heterocycles. The number of methoxy groups -OCH3 is 2. The van der Waals surface area contributed by atoms with Crippen LogP contribution in [0.2, 0.25) is 0 Å². The van der Waals surface area contributed by atoms with Gasteiger partial charge in [0.1, 0.15) is 0 Å². The third kappa shape index (κ3) is 6.99. The molecule has 8 nitrogen and oxygen atoms in total. The number of halogens is 1. The van der Waals surface area contributed by atoms with Crippen molar-refractivity contribution in [1.29, 1.82) is 0 Å². The number of hydrogen-bond acceptors (Lipinski definition) is 7. The summed E-state index contributed by atoms with van der Waals surface area (Å²) in [6.07, 6.45) is 0.941. The van der Waals surface area contributed by atoms with Crippen molar-refractivity contribution in [2.75, 3.05) is 33.9 Å². The van der Waals surface area contributed by atoms with Gasteiger partial charge in [0.15, 0.2) is 0 Å². The summed E-state index contributed by atoms with van der Waals surface area (Å²) in [4.78, 5) is 23.2. The SMILES string of the molecule is CCCNCCNS(=O)(=O)c1cc(C(=O)OC)cc(C(=O)OC)c1.Cl. The van der Waals surface area contributed by atoms with Crippen LogP contribution >= 0.6 is 12.4 Å². The Labute approximate surface area is 153 Å². The topological polar surface area (TPSA) is 111 Å². The zero-order chi connectivity index (χ0) is 18.2.